The number of nitrogens with one attached hydrogen (secondary N) is 1. The number of para-hydroxylation sites is 1. The lowest BCUT2D eigenvalue weighted by Gasteiger charge is -2.08. The molecule has 5 heteroatoms. The molecule has 0 saturated carbocycles. The molecule has 0 aliphatic carbocycles. The number of hydrogen-bond acceptors (Lipinski definition) is 3. The summed E-state index contributed by atoms with van der Waals surface area (Å²) in [5.41, 5.74) is 2.40. The lowest BCUT2D eigenvalue weighted by molar-refractivity contribution is 0.102. The Labute approximate surface area is 130 Å². The average molecular weight is 342 g/mol. The number of aromatic nitrogens is 2. The summed E-state index contributed by atoms with van der Waals surface area (Å²) in [6.45, 7) is 1.95. The Bertz CT molecular complexity index is 827. The number of aryl methyl sites for hydroxylation is 1. The molecule has 0 saturated heterocycles. The Hall–Kier alpha value is -2.27. The third-order valence-corrected chi connectivity index (χ3v) is 4.01. The monoisotopic (exact) mass is 341 g/mol. The van der Waals surface area contributed by atoms with Crippen molar-refractivity contribution in [2.75, 3.05) is 5.32 Å². The molecule has 104 valence electrons. The summed E-state index contributed by atoms with van der Waals surface area (Å²) < 4.78 is 0.912. The minimum atomic E-state index is -0.192. The van der Waals surface area contributed by atoms with E-state index in [-0.39, 0.29) is 5.91 Å². The molecule has 21 heavy (non-hydrogen) atoms. The van der Waals surface area contributed by atoms with Crippen LogP contribution in [0.2, 0.25) is 0 Å². The van der Waals surface area contributed by atoms with Gasteiger partial charge in [-0.1, -0.05) is 18.2 Å². The highest BCUT2D eigenvalue weighted by molar-refractivity contribution is 9.10. The number of nitrogens with zero attached hydrogens (tertiary/aromatic N) is 2. The first kappa shape index (κ1) is 13.7. The van der Waals surface area contributed by atoms with Gasteiger partial charge in [0.05, 0.1) is 11.1 Å². The molecule has 3 aromatic rings. The summed E-state index contributed by atoms with van der Waals surface area (Å²) in [6.07, 6.45) is 3.31. The average Bonchev–Trinajstić information content (AvgIpc) is 2.50. The first-order chi connectivity index (χ1) is 10.1. The van der Waals surface area contributed by atoms with Crippen molar-refractivity contribution in [2.45, 2.75) is 6.92 Å². The van der Waals surface area contributed by atoms with Crippen molar-refractivity contribution < 1.29 is 4.79 Å². The van der Waals surface area contributed by atoms with Gasteiger partial charge in [-0.05, 0) is 46.6 Å². The van der Waals surface area contributed by atoms with Gasteiger partial charge in [0.2, 0.25) is 0 Å². The van der Waals surface area contributed by atoms with Crippen molar-refractivity contribution in [2.24, 2.45) is 0 Å². The van der Waals surface area contributed by atoms with Gasteiger partial charge in [0.15, 0.2) is 0 Å². The topological polar surface area (TPSA) is 54.9 Å². The Morgan fingerprint density at radius 3 is 2.81 bits per heavy atom. The number of fused-ring (bicyclic) bond motifs is 1. The molecule has 0 unspecified atom stereocenters. The van der Waals surface area contributed by atoms with E-state index in [9.17, 15) is 4.79 Å². The highest BCUT2D eigenvalue weighted by atomic mass is 79.9. The number of halogens is 1. The molecule has 1 amide bonds. The number of carbonyl (C=O) groups excluding carboxylic acids is 1. The number of hydrogen-bond donors (Lipinski definition) is 1. The fraction of sp³-hybridized carbons (Fsp3) is 0.0625. The second-order valence-electron chi connectivity index (χ2n) is 4.65. The molecule has 0 atom stereocenters. The van der Waals surface area contributed by atoms with Gasteiger partial charge in [0.25, 0.3) is 5.91 Å². The van der Waals surface area contributed by atoms with Crippen molar-refractivity contribution >= 4 is 38.6 Å². The largest absolute Gasteiger partial charge is 0.307 e. The Balaban J connectivity index is 1.95. The van der Waals surface area contributed by atoms with Crippen LogP contribution in [0, 0.1) is 6.92 Å². The predicted molar refractivity (Wildman–Crippen MR) is 86.4 cm³/mol. The van der Waals surface area contributed by atoms with Crippen LogP contribution >= 0.6 is 15.9 Å². The quantitative estimate of drug-likeness (QED) is 0.767. The molecule has 3 rings (SSSR count). The second kappa shape index (κ2) is 5.61. The van der Waals surface area contributed by atoms with Crippen LogP contribution in [-0.4, -0.2) is 15.9 Å². The van der Waals surface area contributed by atoms with Gasteiger partial charge in [0, 0.05) is 22.3 Å². The number of benzene rings is 1. The van der Waals surface area contributed by atoms with E-state index in [1.165, 1.54) is 0 Å². The van der Waals surface area contributed by atoms with Gasteiger partial charge in [0.1, 0.15) is 5.82 Å². The smallest absolute Gasteiger partial charge is 0.257 e. The number of rotatable bonds is 2. The zero-order valence-electron chi connectivity index (χ0n) is 11.3. The van der Waals surface area contributed by atoms with E-state index in [2.05, 4.69) is 31.2 Å². The van der Waals surface area contributed by atoms with Crippen LogP contribution in [0.1, 0.15) is 15.9 Å². The van der Waals surface area contributed by atoms with E-state index in [1.807, 2.05) is 37.3 Å². The van der Waals surface area contributed by atoms with Crippen LogP contribution in [0.25, 0.3) is 10.9 Å². The van der Waals surface area contributed by atoms with Gasteiger partial charge in [-0.15, -0.1) is 0 Å². The van der Waals surface area contributed by atoms with E-state index in [0.717, 1.165) is 20.9 Å². The molecular formula is C16H12BrN3O. The second-order valence-corrected chi connectivity index (χ2v) is 5.50. The van der Waals surface area contributed by atoms with E-state index in [1.54, 1.807) is 18.5 Å². The van der Waals surface area contributed by atoms with Crippen molar-refractivity contribution in [3.05, 3.63) is 64.4 Å². The van der Waals surface area contributed by atoms with Crippen LogP contribution in [-0.2, 0) is 0 Å². The molecule has 0 spiro atoms. The molecule has 2 heterocycles. The summed E-state index contributed by atoms with van der Waals surface area (Å²) in [5.74, 6) is 0.337. The molecule has 0 bridgehead atoms. The first-order valence-corrected chi connectivity index (χ1v) is 7.22. The first-order valence-electron chi connectivity index (χ1n) is 6.42. The molecule has 1 aromatic carbocycles. The third kappa shape index (κ3) is 2.78. The van der Waals surface area contributed by atoms with Crippen molar-refractivity contribution in [1.29, 1.82) is 0 Å². The zero-order chi connectivity index (χ0) is 14.8. The third-order valence-electron chi connectivity index (χ3n) is 3.18. The summed E-state index contributed by atoms with van der Waals surface area (Å²) in [6, 6.07) is 11.1. The van der Waals surface area contributed by atoms with Gasteiger partial charge < -0.3 is 5.32 Å². The highest BCUT2D eigenvalue weighted by Gasteiger charge is 2.11. The fourth-order valence-electron chi connectivity index (χ4n) is 2.09. The summed E-state index contributed by atoms with van der Waals surface area (Å²) >= 11 is 3.39. The predicted octanol–water partition coefficient (Wildman–Crippen LogP) is 3.95. The SMILES string of the molecule is Cc1cc(NC(=O)c2ccnc3ccccc23)ncc1Br. The lowest BCUT2D eigenvalue weighted by Crippen LogP contribution is -2.13. The lowest BCUT2D eigenvalue weighted by atomic mass is 10.1. The molecule has 0 aliphatic heterocycles. The molecule has 0 radical (unpaired) electrons. The molecule has 0 aliphatic rings. The summed E-state index contributed by atoms with van der Waals surface area (Å²) in [5, 5.41) is 3.65. The van der Waals surface area contributed by atoms with Gasteiger partial charge >= 0.3 is 0 Å². The Morgan fingerprint density at radius 2 is 2.00 bits per heavy atom. The maximum absolute atomic E-state index is 12.4. The Kier molecular flexibility index (Phi) is 3.66. The van der Waals surface area contributed by atoms with E-state index in [4.69, 9.17) is 0 Å². The van der Waals surface area contributed by atoms with Crippen LogP contribution < -0.4 is 5.32 Å². The van der Waals surface area contributed by atoms with E-state index in [0.29, 0.717) is 11.4 Å². The molecular weight excluding hydrogens is 330 g/mol. The molecule has 0 fully saturated rings. The van der Waals surface area contributed by atoms with Crippen molar-refractivity contribution in [1.82, 2.24) is 9.97 Å². The maximum atomic E-state index is 12.4. The van der Waals surface area contributed by atoms with Crippen LogP contribution in [0.3, 0.4) is 0 Å². The molecule has 4 nitrogen and oxygen atoms in total. The van der Waals surface area contributed by atoms with Crippen LogP contribution in [0.5, 0.6) is 0 Å². The fourth-order valence-corrected chi connectivity index (χ4v) is 2.30. The highest BCUT2D eigenvalue weighted by Crippen LogP contribution is 2.20. The van der Waals surface area contributed by atoms with Crippen LogP contribution in [0.4, 0.5) is 5.82 Å². The Morgan fingerprint density at radius 1 is 1.19 bits per heavy atom. The number of amides is 1. The van der Waals surface area contributed by atoms with E-state index < -0.39 is 0 Å². The maximum Gasteiger partial charge on any atom is 0.257 e. The number of carbonyl (C=O) groups is 1. The number of pyridine rings is 2. The van der Waals surface area contributed by atoms with Gasteiger partial charge in [-0.3, -0.25) is 9.78 Å². The summed E-state index contributed by atoms with van der Waals surface area (Å²) in [4.78, 5) is 20.9. The summed E-state index contributed by atoms with van der Waals surface area (Å²) in [7, 11) is 0. The minimum Gasteiger partial charge on any atom is -0.307 e. The van der Waals surface area contributed by atoms with Crippen molar-refractivity contribution in [3.8, 4) is 0 Å². The van der Waals surface area contributed by atoms with Gasteiger partial charge in [-0.2, -0.15) is 0 Å². The zero-order valence-corrected chi connectivity index (χ0v) is 12.9. The number of anilines is 1. The van der Waals surface area contributed by atoms with Gasteiger partial charge in [-0.25, -0.2) is 4.98 Å². The minimum absolute atomic E-state index is 0.192. The van der Waals surface area contributed by atoms with Crippen molar-refractivity contribution in [3.63, 3.8) is 0 Å². The molecule has 1 N–H and O–H groups in total. The molecule has 2 aromatic heterocycles. The normalized spacial score (nSPS) is 10.6. The standard InChI is InChI=1S/C16H12BrN3O/c1-10-8-15(19-9-13(10)17)20-16(21)12-6-7-18-14-5-3-2-4-11(12)14/h2-9H,1H3,(H,19,20,21). The van der Waals surface area contributed by atoms with E-state index >= 15 is 0 Å². The van der Waals surface area contributed by atoms with Crippen LogP contribution in [0.15, 0.2) is 53.3 Å².